The highest BCUT2D eigenvalue weighted by Gasteiger charge is 2.26. The topological polar surface area (TPSA) is 83.8 Å². The molecule has 0 spiro atoms. The van der Waals surface area contributed by atoms with E-state index in [1.54, 1.807) is 30.3 Å². The summed E-state index contributed by atoms with van der Waals surface area (Å²) in [6, 6.07) is 8.46. The van der Waals surface area contributed by atoms with Crippen LogP contribution in [0.15, 0.2) is 30.3 Å². The fourth-order valence-electron chi connectivity index (χ4n) is 0.944. The fraction of sp³-hybridized carbons (Fsp3) is 0.200. The summed E-state index contributed by atoms with van der Waals surface area (Å²) in [5, 5.41) is 17.1. The highest BCUT2D eigenvalue weighted by atomic mass is 16.5. The summed E-state index contributed by atoms with van der Waals surface area (Å²) in [5.74, 6) is -3.90. The van der Waals surface area contributed by atoms with Crippen molar-refractivity contribution in [2.75, 3.05) is 6.61 Å². The molecule has 0 bridgehead atoms. The Balaban J connectivity index is 2.55. The van der Waals surface area contributed by atoms with Crippen LogP contribution in [-0.4, -0.2) is 28.8 Å². The van der Waals surface area contributed by atoms with E-state index in [1.165, 1.54) is 0 Å². The number of aliphatic carboxylic acids is 2. The van der Waals surface area contributed by atoms with E-state index < -0.39 is 17.9 Å². The fourth-order valence-corrected chi connectivity index (χ4v) is 0.944. The lowest BCUT2D eigenvalue weighted by Gasteiger charge is -2.09. The van der Waals surface area contributed by atoms with E-state index in [4.69, 9.17) is 14.9 Å². The molecule has 0 atom stereocenters. The Hall–Kier alpha value is -2.04. The van der Waals surface area contributed by atoms with Crippen molar-refractivity contribution >= 4 is 11.9 Å². The van der Waals surface area contributed by atoms with E-state index >= 15 is 0 Å². The number of hydrogen-bond donors (Lipinski definition) is 2. The van der Waals surface area contributed by atoms with Crippen LogP contribution in [0.25, 0.3) is 0 Å². The highest BCUT2D eigenvalue weighted by Crippen LogP contribution is 2.10. The lowest BCUT2D eigenvalue weighted by molar-refractivity contribution is -0.155. The summed E-state index contributed by atoms with van der Waals surface area (Å²) in [7, 11) is 0. The monoisotopic (exact) mass is 210 g/mol. The van der Waals surface area contributed by atoms with Gasteiger partial charge in [0.05, 0.1) is 0 Å². The maximum atomic E-state index is 10.5. The molecule has 0 unspecified atom stereocenters. The average Bonchev–Trinajstić information content (AvgIpc) is 2.18. The van der Waals surface area contributed by atoms with Gasteiger partial charge in [0.1, 0.15) is 12.4 Å². The molecule has 5 heteroatoms. The van der Waals surface area contributed by atoms with E-state index in [-0.39, 0.29) is 6.61 Å². The second-order valence-electron chi connectivity index (χ2n) is 2.85. The van der Waals surface area contributed by atoms with Gasteiger partial charge in [0.25, 0.3) is 0 Å². The molecule has 0 saturated heterocycles. The van der Waals surface area contributed by atoms with Gasteiger partial charge in [-0.1, -0.05) is 18.2 Å². The first-order chi connectivity index (χ1) is 7.11. The summed E-state index contributed by atoms with van der Waals surface area (Å²) in [4.78, 5) is 21.0. The minimum Gasteiger partial charge on any atom is -0.492 e. The molecular formula is C10H10O5. The number of carboxylic acids is 2. The second-order valence-corrected chi connectivity index (χ2v) is 2.85. The molecule has 1 aromatic carbocycles. The van der Waals surface area contributed by atoms with Crippen molar-refractivity contribution in [3.8, 4) is 5.75 Å². The van der Waals surface area contributed by atoms with Crippen LogP contribution in [0, 0.1) is 5.92 Å². The molecule has 15 heavy (non-hydrogen) atoms. The molecule has 0 aromatic heterocycles. The normalized spacial score (nSPS) is 9.93. The van der Waals surface area contributed by atoms with E-state index in [2.05, 4.69) is 0 Å². The Morgan fingerprint density at radius 1 is 1.13 bits per heavy atom. The predicted octanol–water partition coefficient (Wildman–Crippen LogP) is 0.851. The van der Waals surface area contributed by atoms with Gasteiger partial charge in [0, 0.05) is 0 Å². The van der Waals surface area contributed by atoms with Gasteiger partial charge >= 0.3 is 11.9 Å². The van der Waals surface area contributed by atoms with E-state index in [0.29, 0.717) is 5.75 Å². The Labute approximate surface area is 85.9 Å². The molecule has 80 valence electrons. The van der Waals surface area contributed by atoms with Gasteiger partial charge in [-0.15, -0.1) is 0 Å². The van der Waals surface area contributed by atoms with Crippen LogP contribution >= 0.6 is 0 Å². The van der Waals surface area contributed by atoms with Crippen LogP contribution in [0.5, 0.6) is 5.75 Å². The molecule has 0 aliphatic heterocycles. The Morgan fingerprint density at radius 2 is 1.67 bits per heavy atom. The number of hydrogen-bond acceptors (Lipinski definition) is 3. The minimum absolute atomic E-state index is 0.380. The number of carbonyl (C=O) groups is 2. The van der Waals surface area contributed by atoms with Crippen molar-refractivity contribution in [2.24, 2.45) is 5.92 Å². The lowest BCUT2D eigenvalue weighted by atomic mass is 10.2. The summed E-state index contributed by atoms with van der Waals surface area (Å²) < 4.78 is 5.03. The number of para-hydroxylation sites is 1. The second kappa shape index (κ2) is 4.99. The third kappa shape index (κ3) is 3.30. The van der Waals surface area contributed by atoms with Crippen molar-refractivity contribution in [1.82, 2.24) is 0 Å². The van der Waals surface area contributed by atoms with Gasteiger partial charge in [-0.25, -0.2) is 0 Å². The first-order valence-electron chi connectivity index (χ1n) is 4.24. The SMILES string of the molecule is O=C(O)C(COc1ccccc1)C(=O)O. The molecule has 2 N–H and O–H groups in total. The maximum absolute atomic E-state index is 10.5. The summed E-state index contributed by atoms with van der Waals surface area (Å²) >= 11 is 0. The summed E-state index contributed by atoms with van der Waals surface area (Å²) in [5.41, 5.74) is 0. The number of benzene rings is 1. The van der Waals surface area contributed by atoms with Crippen molar-refractivity contribution < 1.29 is 24.5 Å². The minimum atomic E-state index is -1.54. The molecule has 0 fully saturated rings. The van der Waals surface area contributed by atoms with Crippen molar-refractivity contribution in [2.45, 2.75) is 0 Å². The Morgan fingerprint density at radius 3 is 2.13 bits per heavy atom. The smallest absolute Gasteiger partial charge is 0.321 e. The lowest BCUT2D eigenvalue weighted by Crippen LogP contribution is -2.29. The molecular weight excluding hydrogens is 200 g/mol. The van der Waals surface area contributed by atoms with Gasteiger partial charge in [0.2, 0.25) is 0 Å². The number of ether oxygens (including phenoxy) is 1. The van der Waals surface area contributed by atoms with Gasteiger partial charge in [-0.2, -0.15) is 0 Å². The average molecular weight is 210 g/mol. The van der Waals surface area contributed by atoms with Crippen LogP contribution < -0.4 is 4.74 Å². The van der Waals surface area contributed by atoms with Crippen molar-refractivity contribution in [3.63, 3.8) is 0 Å². The Kier molecular flexibility index (Phi) is 3.68. The quantitative estimate of drug-likeness (QED) is 0.704. The zero-order valence-corrected chi connectivity index (χ0v) is 7.79. The molecule has 0 saturated carbocycles. The zero-order valence-electron chi connectivity index (χ0n) is 7.79. The molecule has 0 heterocycles. The van der Waals surface area contributed by atoms with Crippen LogP contribution in [0.4, 0.5) is 0 Å². The van der Waals surface area contributed by atoms with E-state index in [1.807, 2.05) is 0 Å². The molecule has 1 aromatic rings. The zero-order chi connectivity index (χ0) is 11.3. The summed E-state index contributed by atoms with van der Waals surface area (Å²) in [6.07, 6.45) is 0. The van der Waals surface area contributed by atoms with Crippen molar-refractivity contribution in [3.05, 3.63) is 30.3 Å². The Bertz CT molecular complexity index is 332. The molecule has 0 amide bonds. The van der Waals surface area contributed by atoms with Crippen LogP contribution in [0.1, 0.15) is 0 Å². The van der Waals surface area contributed by atoms with E-state index in [0.717, 1.165) is 0 Å². The first-order valence-corrected chi connectivity index (χ1v) is 4.24. The predicted molar refractivity (Wildman–Crippen MR) is 50.7 cm³/mol. The molecule has 5 nitrogen and oxygen atoms in total. The van der Waals surface area contributed by atoms with Crippen LogP contribution in [-0.2, 0) is 9.59 Å². The van der Waals surface area contributed by atoms with Gasteiger partial charge in [0.15, 0.2) is 5.92 Å². The highest BCUT2D eigenvalue weighted by molar-refractivity contribution is 5.93. The third-order valence-electron chi connectivity index (χ3n) is 1.76. The molecule has 0 aliphatic rings. The van der Waals surface area contributed by atoms with E-state index in [9.17, 15) is 9.59 Å². The van der Waals surface area contributed by atoms with Gasteiger partial charge in [-0.3, -0.25) is 9.59 Å². The maximum Gasteiger partial charge on any atom is 0.321 e. The van der Waals surface area contributed by atoms with Gasteiger partial charge < -0.3 is 14.9 Å². The molecule has 1 rings (SSSR count). The standard InChI is InChI=1S/C10H10O5/c11-9(12)8(10(13)14)6-15-7-4-2-1-3-5-7/h1-5,8H,6H2,(H,11,12)(H,13,14). The van der Waals surface area contributed by atoms with Gasteiger partial charge in [-0.05, 0) is 12.1 Å². The third-order valence-corrected chi connectivity index (χ3v) is 1.76. The molecule has 0 aliphatic carbocycles. The van der Waals surface area contributed by atoms with Crippen LogP contribution in [0.2, 0.25) is 0 Å². The number of carboxylic acid groups (broad SMARTS) is 2. The van der Waals surface area contributed by atoms with Crippen molar-refractivity contribution in [1.29, 1.82) is 0 Å². The number of rotatable bonds is 5. The molecule has 0 radical (unpaired) electrons. The first kappa shape index (κ1) is 11.0. The largest absolute Gasteiger partial charge is 0.492 e. The summed E-state index contributed by atoms with van der Waals surface area (Å²) in [6.45, 7) is -0.380. The van der Waals surface area contributed by atoms with Crippen LogP contribution in [0.3, 0.4) is 0 Å².